The third kappa shape index (κ3) is 4.05. The molecular formula is C8H10N2O4. The van der Waals surface area contributed by atoms with E-state index in [-0.39, 0.29) is 5.70 Å². The van der Waals surface area contributed by atoms with Gasteiger partial charge in [0.05, 0.1) is 5.70 Å². The average molecular weight is 198 g/mol. The molecule has 0 saturated heterocycles. The van der Waals surface area contributed by atoms with E-state index in [1.54, 1.807) is 0 Å². The summed E-state index contributed by atoms with van der Waals surface area (Å²) in [6.45, 7) is 7.50. The fourth-order valence-electron chi connectivity index (χ4n) is 0.535. The standard InChI is InChI=1S/C8H10N2O4/c1-4(9-6(3)11)7(12)10-5(2)8(13)14/h1-2H2,3H3,(H,9,11)(H,10,12)(H,13,14). The fourth-order valence-corrected chi connectivity index (χ4v) is 0.535. The van der Waals surface area contributed by atoms with Crippen molar-refractivity contribution in [2.75, 3.05) is 0 Å². The van der Waals surface area contributed by atoms with Gasteiger partial charge in [-0.2, -0.15) is 0 Å². The molecule has 76 valence electrons. The van der Waals surface area contributed by atoms with Crippen molar-refractivity contribution in [1.82, 2.24) is 10.6 Å². The van der Waals surface area contributed by atoms with Crippen LogP contribution in [-0.4, -0.2) is 22.9 Å². The summed E-state index contributed by atoms with van der Waals surface area (Å²) in [6, 6.07) is 0. The number of hydrogen-bond acceptors (Lipinski definition) is 3. The second kappa shape index (κ2) is 4.80. The van der Waals surface area contributed by atoms with E-state index < -0.39 is 23.5 Å². The Kier molecular flexibility index (Phi) is 4.08. The maximum atomic E-state index is 11.0. The van der Waals surface area contributed by atoms with Crippen molar-refractivity contribution in [3.8, 4) is 0 Å². The van der Waals surface area contributed by atoms with Crippen LogP contribution >= 0.6 is 0 Å². The number of hydrogen-bond donors (Lipinski definition) is 3. The summed E-state index contributed by atoms with van der Waals surface area (Å²) in [6.07, 6.45) is 0. The van der Waals surface area contributed by atoms with Crippen LogP contribution in [0.1, 0.15) is 6.92 Å². The monoisotopic (exact) mass is 198 g/mol. The summed E-state index contributed by atoms with van der Waals surface area (Å²) in [7, 11) is 0. The van der Waals surface area contributed by atoms with Crippen LogP contribution in [0, 0.1) is 0 Å². The highest BCUT2D eigenvalue weighted by Crippen LogP contribution is 1.89. The summed E-state index contributed by atoms with van der Waals surface area (Å²) < 4.78 is 0. The van der Waals surface area contributed by atoms with E-state index in [0.717, 1.165) is 0 Å². The molecule has 0 atom stereocenters. The van der Waals surface area contributed by atoms with E-state index in [9.17, 15) is 14.4 Å². The predicted octanol–water partition coefficient (Wildman–Crippen LogP) is -0.649. The number of aliphatic carboxylic acids is 1. The normalized spacial score (nSPS) is 8.64. The minimum absolute atomic E-state index is 0.236. The van der Waals surface area contributed by atoms with Gasteiger partial charge in [-0.3, -0.25) is 9.59 Å². The molecule has 0 aromatic heterocycles. The zero-order chi connectivity index (χ0) is 11.3. The Hall–Kier alpha value is -2.11. The Labute approximate surface area is 80.3 Å². The molecule has 0 fully saturated rings. The van der Waals surface area contributed by atoms with Gasteiger partial charge in [-0.15, -0.1) is 0 Å². The van der Waals surface area contributed by atoms with Gasteiger partial charge in [-0.05, 0) is 0 Å². The van der Waals surface area contributed by atoms with Gasteiger partial charge in [-0.25, -0.2) is 4.79 Å². The third-order valence-corrected chi connectivity index (χ3v) is 1.12. The van der Waals surface area contributed by atoms with Gasteiger partial charge in [0.2, 0.25) is 5.91 Å². The molecule has 0 aliphatic rings. The molecule has 0 aromatic rings. The van der Waals surface area contributed by atoms with Crippen molar-refractivity contribution in [2.24, 2.45) is 0 Å². The summed E-state index contributed by atoms with van der Waals surface area (Å²) in [5.74, 6) is -2.63. The van der Waals surface area contributed by atoms with E-state index in [1.807, 2.05) is 5.32 Å². The summed E-state index contributed by atoms with van der Waals surface area (Å²) in [5.41, 5.74) is -0.721. The van der Waals surface area contributed by atoms with E-state index >= 15 is 0 Å². The van der Waals surface area contributed by atoms with Crippen molar-refractivity contribution in [1.29, 1.82) is 0 Å². The zero-order valence-electron chi connectivity index (χ0n) is 7.59. The molecule has 0 heterocycles. The first-order valence-electron chi connectivity index (χ1n) is 3.54. The lowest BCUT2D eigenvalue weighted by Gasteiger charge is -2.06. The Morgan fingerprint density at radius 1 is 1.07 bits per heavy atom. The van der Waals surface area contributed by atoms with E-state index in [2.05, 4.69) is 18.5 Å². The Bertz CT molecular complexity index is 319. The van der Waals surface area contributed by atoms with E-state index in [1.165, 1.54) is 6.92 Å². The summed E-state index contributed by atoms with van der Waals surface area (Å²) in [5, 5.41) is 12.4. The van der Waals surface area contributed by atoms with Crippen LogP contribution in [0.15, 0.2) is 24.6 Å². The minimum Gasteiger partial charge on any atom is -0.477 e. The molecule has 0 radical (unpaired) electrons. The van der Waals surface area contributed by atoms with Crippen molar-refractivity contribution in [2.45, 2.75) is 6.92 Å². The van der Waals surface area contributed by atoms with Crippen molar-refractivity contribution in [3.63, 3.8) is 0 Å². The summed E-state index contributed by atoms with van der Waals surface area (Å²) in [4.78, 5) is 31.8. The lowest BCUT2D eigenvalue weighted by atomic mass is 10.4. The van der Waals surface area contributed by atoms with Gasteiger partial charge < -0.3 is 15.7 Å². The Morgan fingerprint density at radius 3 is 1.93 bits per heavy atom. The van der Waals surface area contributed by atoms with E-state index in [0.29, 0.717) is 0 Å². The number of carbonyl (C=O) groups excluding carboxylic acids is 2. The number of nitrogens with one attached hydrogen (secondary N) is 2. The number of carboxylic acid groups (broad SMARTS) is 1. The highest BCUT2D eigenvalue weighted by atomic mass is 16.4. The van der Waals surface area contributed by atoms with Crippen molar-refractivity contribution < 1.29 is 19.5 Å². The molecule has 0 saturated carbocycles. The van der Waals surface area contributed by atoms with Crippen LogP contribution in [0.4, 0.5) is 0 Å². The molecule has 0 aliphatic heterocycles. The van der Waals surface area contributed by atoms with E-state index in [4.69, 9.17) is 5.11 Å². The SMILES string of the molecule is C=C(NC(=O)C(=C)NC(C)=O)C(=O)O. The number of amides is 2. The first-order valence-corrected chi connectivity index (χ1v) is 3.54. The molecule has 3 N–H and O–H groups in total. The first-order chi connectivity index (χ1) is 6.34. The number of carboxylic acids is 1. The second-order valence-electron chi connectivity index (χ2n) is 2.40. The molecule has 0 aliphatic carbocycles. The van der Waals surface area contributed by atoms with Crippen molar-refractivity contribution >= 4 is 17.8 Å². The third-order valence-electron chi connectivity index (χ3n) is 1.12. The minimum atomic E-state index is -1.35. The lowest BCUT2D eigenvalue weighted by Crippen LogP contribution is -2.34. The number of carbonyl (C=O) groups is 3. The molecular weight excluding hydrogens is 188 g/mol. The fraction of sp³-hybridized carbons (Fsp3) is 0.125. The highest BCUT2D eigenvalue weighted by molar-refractivity contribution is 6.01. The second-order valence-corrected chi connectivity index (χ2v) is 2.40. The smallest absolute Gasteiger partial charge is 0.351 e. The molecule has 14 heavy (non-hydrogen) atoms. The topological polar surface area (TPSA) is 95.5 Å². The first kappa shape index (κ1) is 11.9. The molecule has 0 bridgehead atoms. The predicted molar refractivity (Wildman–Crippen MR) is 47.9 cm³/mol. The summed E-state index contributed by atoms with van der Waals surface area (Å²) >= 11 is 0. The lowest BCUT2D eigenvalue weighted by molar-refractivity contribution is -0.134. The van der Waals surface area contributed by atoms with Gasteiger partial charge in [0.1, 0.15) is 5.70 Å². The van der Waals surface area contributed by atoms with Gasteiger partial charge in [0, 0.05) is 6.92 Å². The largest absolute Gasteiger partial charge is 0.477 e. The van der Waals surface area contributed by atoms with Crippen LogP contribution in [0.5, 0.6) is 0 Å². The Morgan fingerprint density at radius 2 is 1.57 bits per heavy atom. The maximum absolute atomic E-state index is 11.0. The van der Waals surface area contributed by atoms with Gasteiger partial charge in [-0.1, -0.05) is 13.2 Å². The Balaban J connectivity index is 4.22. The molecule has 0 unspecified atom stereocenters. The van der Waals surface area contributed by atoms with Crippen molar-refractivity contribution in [3.05, 3.63) is 24.6 Å². The van der Waals surface area contributed by atoms with Gasteiger partial charge in [0.25, 0.3) is 5.91 Å². The van der Waals surface area contributed by atoms with Crippen LogP contribution in [0.25, 0.3) is 0 Å². The molecule has 0 aromatic carbocycles. The van der Waals surface area contributed by atoms with Crippen LogP contribution in [0.2, 0.25) is 0 Å². The van der Waals surface area contributed by atoms with Crippen LogP contribution in [-0.2, 0) is 14.4 Å². The molecule has 2 amide bonds. The van der Waals surface area contributed by atoms with Crippen LogP contribution < -0.4 is 10.6 Å². The zero-order valence-corrected chi connectivity index (χ0v) is 7.59. The number of rotatable bonds is 4. The molecule has 0 rings (SSSR count). The van der Waals surface area contributed by atoms with Gasteiger partial charge >= 0.3 is 5.97 Å². The maximum Gasteiger partial charge on any atom is 0.351 e. The molecule has 6 heteroatoms. The van der Waals surface area contributed by atoms with Gasteiger partial charge in [0.15, 0.2) is 0 Å². The highest BCUT2D eigenvalue weighted by Gasteiger charge is 2.12. The molecule has 0 spiro atoms. The molecule has 6 nitrogen and oxygen atoms in total. The average Bonchev–Trinajstić information content (AvgIpc) is 2.02. The van der Waals surface area contributed by atoms with Crippen LogP contribution in [0.3, 0.4) is 0 Å². The quantitative estimate of drug-likeness (QED) is 0.523.